The second kappa shape index (κ2) is 7.12. The number of nitrogens with one attached hydrogen (secondary N) is 1. The van der Waals surface area contributed by atoms with Gasteiger partial charge in [0, 0.05) is 39.3 Å². The third-order valence-electron chi connectivity index (χ3n) is 4.20. The highest BCUT2D eigenvalue weighted by atomic mass is 35.5. The summed E-state index contributed by atoms with van der Waals surface area (Å²) < 4.78 is 28.1. The van der Waals surface area contributed by atoms with E-state index < -0.39 is 10.0 Å². The molecular weight excluding hydrogens is 344 g/mol. The second-order valence-electron chi connectivity index (χ2n) is 5.62. The molecule has 23 heavy (non-hydrogen) atoms. The van der Waals surface area contributed by atoms with Crippen molar-refractivity contribution in [2.24, 2.45) is 7.05 Å². The molecule has 11 heteroatoms. The number of aromatic nitrogens is 3. The number of piperazine rings is 1. The number of hydrogen-bond donors (Lipinski definition) is 1. The van der Waals surface area contributed by atoms with Crippen molar-refractivity contribution in [1.82, 2.24) is 29.5 Å². The molecule has 130 valence electrons. The van der Waals surface area contributed by atoms with E-state index in [9.17, 15) is 13.2 Å². The van der Waals surface area contributed by atoms with Gasteiger partial charge in [0.25, 0.3) is 10.0 Å². The molecule has 1 N–H and O–H groups in total. The summed E-state index contributed by atoms with van der Waals surface area (Å²) in [5, 5.41) is 10.4. The van der Waals surface area contributed by atoms with Crippen LogP contribution >= 0.6 is 12.4 Å². The smallest absolute Gasteiger partial charge is 0.261 e. The summed E-state index contributed by atoms with van der Waals surface area (Å²) in [6, 6.07) is -0.0562. The Bertz CT molecular complexity index is 664. The number of rotatable bonds is 3. The lowest BCUT2D eigenvalue weighted by Crippen LogP contribution is -2.57. The lowest BCUT2D eigenvalue weighted by molar-refractivity contribution is -0.135. The predicted molar refractivity (Wildman–Crippen MR) is 84.6 cm³/mol. The van der Waals surface area contributed by atoms with Gasteiger partial charge in [-0.15, -0.1) is 17.5 Å². The van der Waals surface area contributed by atoms with E-state index in [2.05, 4.69) is 15.6 Å². The topological polar surface area (TPSA) is 100 Å². The van der Waals surface area contributed by atoms with Gasteiger partial charge >= 0.3 is 0 Å². The van der Waals surface area contributed by atoms with Crippen LogP contribution in [0.1, 0.15) is 12.8 Å². The molecule has 3 rings (SSSR count). The van der Waals surface area contributed by atoms with Crippen LogP contribution in [0.3, 0.4) is 0 Å². The first-order valence-corrected chi connectivity index (χ1v) is 8.79. The number of sulfonamides is 1. The van der Waals surface area contributed by atoms with Gasteiger partial charge in [-0.3, -0.25) is 4.79 Å². The van der Waals surface area contributed by atoms with Crippen molar-refractivity contribution in [3.05, 3.63) is 6.20 Å². The molecule has 0 bridgehead atoms. The average Bonchev–Trinajstić information content (AvgIpc) is 2.95. The second-order valence-corrected chi connectivity index (χ2v) is 7.50. The maximum absolute atomic E-state index is 12.7. The Morgan fingerprint density at radius 1 is 1.35 bits per heavy atom. The number of carbonyl (C=O) groups excluding carboxylic acids is 1. The Hall–Kier alpha value is -1.23. The third kappa shape index (κ3) is 3.49. The molecule has 9 nitrogen and oxygen atoms in total. The molecule has 1 atom stereocenters. The lowest BCUT2D eigenvalue weighted by Gasteiger charge is -2.40. The fourth-order valence-electron chi connectivity index (χ4n) is 3.05. The zero-order chi connectivity index (χ0) is 15.7. The van der Waals surface area contributed by atoms with Gasteiger partial charge < -0.3 is 10.2 Å². The molecule has 1 aromatic heterocycles. The highest BCUT2D eigenvalue weighted by Crippen LogP contribution is 2.22. The number of carbonyl (C=O) groups is 1. The summed E-state index contributed by atoms with van der Waals surface area (Å²) in [5.41, 5.74) is 0. The first-order chi connectivity index (χ1) is 10.5. The number of halogens is 1. The minimum atomic E-state index is -3.62. The number of hydrogen-bond acceptors (Lipinski definition) is 6. The first-order valence-electron chi connectivity index (χ1n) is 7.35. The summed E-state index contributed by atoms with van der Waals surface area (Å²) in [5.74, 6) is 0.0395. The van der Waals surface area contributed by atoms with Gasteiger partial charge in [0.05, 0.1) is 12.7 Å². The Labute approximate surface area is 141 Å². The molecule has 1 aromatic rings. The van der Waals surface area contributed by atoms with Gasteiger partial charge in [-0.05, 0) is 12.8 Å². The Morgan fingerprint density at radius 3 is 2.78 bits per heavy atom. The van der Waals surface area contributed by atoms with Crippen molar-refractivity contribution < 1.29 is 13.2 Å². The lowest BCUT2D eigenvalue weighted by atomic mass is 10.1. The predicted octanol–water partition coefficient (Wildman–Crippen LogP) is -1.18. The van der Waals surface area contributed by atoms with E-state index >= 15 is 0 Å². The fraction of sp³-hybridized carbons (Fsp3) is 0.750. The fourth-order valence-corrected chi connectivity index (χ4v) is 4.60. The Morgan fingerprint density at radius 2 is 2.13 bits per heavy atom. The number of amides is 1. The monoisotopic (exact) mass is 364 g/mol. The van der Waals surface area contributed by atoms with Crippen molar-refractivity contribution in [1.29, 1.82) is 0 Å². The van der Waals surface area contributed by atoms with E-state index in [1.165, 1.54) is 15.2 Å². The van der Waals surface area contributed by atoms with E-state index in [0.717, 1.165) is 19.4 Å². The van der Waals surface area contributed by atoms with Crippen LogP contribution in [0.15, 0.2) is 11.2 Å². The van der Waals surface area contributed by atoms with Gasteiger partial charge in [-0.1, -0.05) is 5.21 Å². The van der Waals surface area contributed by atoms with Gasteiger partial charge in [-0.25, -0.2) is 13.1 Å². The molecule has 0 aliphatic carbocycles. The molecule has 2 aliphatic heterocycles. The third-order valence-corrected chi connectivity index (χ3v) is 6.11. The molecule has 0 saturated carbocycles. The summed E-state index contributed by atoms with van der Waals surface area (Å²) in [6.07, 6.45) is 2.84. The largest absolute Gasteiger partial charge is 0.336 e. The standard InChI is InChI=1S/C12H20N6O3S.ClH/c1-16-12(8-14-15-16)22(20,21)17-5-2-3-10(9-17)18-6-4-13-7-11(18)19;/h8,10,13H,2-7,9H2,1H3;1H. The van der Waals surface area contributed by atoms with Crippen LogP contribution in [-0.4, -0.2) is 77.3 Å². The van der Waals surface area contributed by atoms with E-state index in [-0.39, 0.29) is 29.4 Å². The van der Waals surface area contributed by atoms with Gasteiger partial charge in [-0.2, -0.15) is 4.31 Å². The van der Waals surface area contributed by atoms with E-state index in [1.54, 1.807) is 11.9 Å². The summed E-state index contributed by atoms with van der Waals surface area (Å²) in [7, 11) is -2.06. The molecule has 3 heterocycles. The van der Waals surface area contributed by atoms with E-state index in [0.29, 0.717) is 26.2 Å². The van der Waals surface area contributed by atoms with E-state index in [1.807, 2.05) is 0 Å². The minimum absolute atomic E-state index is 0. The maximum Gasteiger partial charge on any atom is 0.261 e. The molecule has 2 saturated heterocycles. The Kier molecular flexibility index (Phi) is 5.61. The van der Waals surface area contributed by atoms with Crippen LogP contribution in [0.2, 0.25) is 0 Å². The average molecular weight is 365 g/mol. The summed E-state index contributed by atoms with van der Waals surface area (Å²) in [4.78, 5) is 13.8. The minimum Gasteiger partial charge on any atom is -0.336 e. The Balaban J connectivity index is 0.00000192. The van der Waals surface area contributed by atoms with Crippen molar-refractivity contribution in [2.45, 2.75) is 23.9 Å². The molecule has 0 aromatic carbocycles. The van der Waals surface area contributed by atoms with Crippen molar-refractivity contribution in [2.75, 3.05) is 32.7 Å². The number of aryl methyl sites for hydroxylation is 1. The quantitative estimate of drug-likeness (QED) is 0.724. The van der Waals surface area contributed by atoms with Crippen LogP contribution in [0.25, 0.3) is 0 Å². The molecule has 1 amide bonds. The number of piperidine rings is 1. The van der Waals surface area contributed by atoms with Crippen LogP contribution in [0, 0.1) is 0 Å². The van der Waals surface area contributed by atoms with Crippen LogP contribution in [0.5, 0.6) is 0 Å². The maximum atomic E-state index is 12.7. The highest BCUT2D eigenvalue weighted by molar-refractivity contribution is 7.89. The highest BCUT2D eigenvalue weighted by Gasteiger charge is 2.36. The van der Waals surface area contributed by atoms with E-state index in [4.69, 9.17) is 0 Å². The zero-order valence-corrected chi connectivity index (χ0v) is 14.5. The molecule has 0 spiro atoms. The van der Waals surface area contributed by atoms with Crippen molar-refractivity contribution in [3.8, 4) is 0 Å². The SMILES string of the molecule is Cl.Cn1nncc1S(=O)(=O)N1CCCC(N2CCNCC2=O)C1. The molecule has 2 aliphatic rings. The molecule has 0 radical (unpaired) electrons. The summed E-state index contributed by atoms with van der Waals surface area (Å²) in [6.45, 7) is 2.50. The van der Waals surface area contributed by atoms with Gasteiger partial charge in [0.15, 0.2) is 5.03 Å². The van der Waals surface area contributed by atoms with Crippen molar-refractivity contribution >= 4 is 28.3 Å². The van der Waals surface area contributed by atoms with Gasteiger partial charge in [0.2, 0.25) is 5.91 Å². The number of nitrogens with zero attached hydrogens (tertiary/aromatic N) is 5. The van der Waals surface area contributed by atoms with Crippen LogP contribution in [-0.2, 0) is 21.9 Å². The molecule has 2 fully saturated rings. The van der Waals surface area contributed by atoms with Crippen LogP contribution in [0.4, 0.5) is 0 Å². The first kappa shape index (κ1) is 18.1. The van der Waals surface area contributed by atoms with Gasteiger partial charge in [0.1, 0.15) is 0 Å². The van der Waals surface area contributed by atoms with Crippen LogP contribution < -0.4 is 5.32 Å². The molecular formula is C12H21ClN6O3S. The zero-order valence-electron chi connectivity index (χ0n) is 12.9. The normalized spacial score (nSPS) is 23.6. The van der Waals surface area contributed by atoms with Crippen molar-refractivity contribution in [3.63, 3.8) is 0 Å². The summed E-state index contributed by atoms with van der Waals surface area (Å²) >= 11 is 0. The molecule has 1 unspecified atom stereocenters.